The number of aromatic nitrogens is 5. The van der Waals surface area contributed by atoms with Crippen LogP contribution < -0.4 is 9.47 Å². The van der Waals surface area contributed by atoms with E-state index in [1.807, 2.05) is 91.0 Å². The van der Waals surface area contributed by atoms with Crippen LogP contribution >= 0.6 is 0 Å². The number of rotatable bonds is 6. The summed E-state index contributed by atoms with van der Waals surface area (Å²) in [5.74, 6) is 4.43. The zero-order valence-electron chi connectivity index (χ0n) is 34.3. The summed E-state index contributed by atoms with van der Waals surface area (Å²) >= 11 is 0. The number of hydrogen-bond donors (Lipinski definition) is 0. The highest BCUT2D eigenvalue weighted by atomic mass is 16.6. The molecular weight excluding hydrogens is 787 g/mol. The first-order valence-electron chi connectivity index (χ1n) is 21.4. The highest BCUT2D eigenvalue weighted by Crippen LogP contribution is 2.52. The lowest BCUT2D eigenvalue weighted by molar-refractivity contribution is 0.362. The van der Waals surface area contributed by atoms with E-state index in [1.54, 1.807) is 0 Å². The average molecular weight is 822 g/mol. The van der Waals surface area contributed by atoms with Crippen molar-refractivity contribution in [2.45, 2.75) is 0 Å². The van der Waals surface area contributed by atoms with E-state index in [4.69, 9.17) is 24.4 Å². The van der Waals surface area contributed by atoms with Crippen molar-refractivity contribution in [3.63, 3.8) is 0 Å². The number of hydrogen-bond acceptors (Lipinski definition) is 5. The fourth-order valence-corrected chi connectivity index (χ4v) is 9.34. The van der Waals surface area contributed by atoms with Crippen LogP contribution in [0.15, 0.2) is 212 Å². The molecule has 0 saturated heterocycles. The first kappa shape index (κ1) is 35.9. The van der Waals surface area contributed by atoms with E-state index in [0.717, 1.165) is 71.9 Å². The van der Waals surface area contributed by atoms with Gasteiger partial charge in [0.2, 0.25) is 0 Å². The molecule has 0 saturated carbocycles. The van der Waals surface area contributed by atoms with Crippen LogP contribution in [0.1, 0.15) is 0 Å². The van der Waals surface area contributed by atoms with Gasteiger partial charge in [-0.15, -0.1) is 0 Å². The zero-order valence-corrected chi connectivity index (χ0v) is 34.3. The molecule has 7 heteroatoms. The van der Waals surface area contributed by atoms with Gasteiger partial charge in [0.15, 0.2) is 40.5 Å². The molecule has 0 aliphatic carbocycles. The quantitative estimate of drug-likeness (QED) is 0.167. The first-order chi connectivity index (χ1) is 31.7. The lowest BCUT2D eigenvalue weighted by atomic mass is 10.0. The summed E-state index contributed by atoms with van der Waals surface area (Å²) < 4.78 is 18.2. The largest absolute Gasteiger partial charge is 0.449 e. The van der Waals surface area contributed by atoms with Crippen molar-refractivity contribution >= 4 is 43.6 Å². The van der Waals surface area contributed by atoms with Crippen molar-refractivity contribution in [1.29, 1.82) is 0 Å². The molecule has 0 radical (unpaired) electrons. The van der Waals surface area contributed by atoms with Crippen molar-refractivity contribution in [3.05, 3.63) is 212 Å². The van der Waals surface area contributed by atoms with E-state index in [-0.39, 0.29) is 0 Å². The van der Waals surface area contributed by atoms with Gasteiger partial charge in [0.1, 0.15) is 5.52 Å². The summed E-state index contributed by atoms with van der Waals surface area (Å²) in [5.41, 5.74) is 11.2. The standard InChI is InChI=1S/C57H35N5O2/c1-4-16-36(17-5-1)39-22-14-24-41(34-39)61-46-27-11-10-26-43(46)44-30-32-47-51(52(44)61)45-31-33-50-54(64-49-29-13-12-28-48(49)63-50)53(45)62(47)42-25-15-23-40(35-42)57-59-55(37-18-6-2-7-19-37)58-56(60-57)38-20-8-3-9-21-38/h1-35H. The lowest BCUT2D eigenvalue weighted by Gasteiger charge is -2.22. The summed E-state index contributed by atoms with van der Waals surface area (Å²) in [6.07, 6.45) is 0. The maximum Gasteiger partial charge on any atom is 0.194 e. The molecule has 0 unspecified atom stereocenters. The Morgan fingerprint density at radius 2 is 0.828 bits per heavy atom. The van der Waals surface area contributed by atoms with E-state index in [1.165, 1.54) is 10.9 Å². The van der Waals surface area contributed by atoms with Gasteiger partial charge < -0.3 is 18.6 Å². The van der Waals surface area contributed by atoms with Gasteiger partial charge in [0.25, 0.3) is 0 Å². The molecule has 1 aliphatic rings. The SMILES string of the molecule is c1ccc(-c2cccc(-n3c4ccccc4c4ccc5c(c6ccc7c(c6n5-c5cccc(-c6nc(-c8ccccc8)nc(-c8ccccc8)n6)c5)Oc5ccccc5O7)c43)c2)cc1. The summed E-state index contributed by atoms with van der Waals surface area (Å²) in [5, 5.41) is 4.47. The van der Waals surface area contributed by atoms with Crippen molar-refractivity contribution in [2.24, 2.45) is 0 Å². The van der Waals surface area contributed by atoms with Crippen LogP contribution in [-0.2, 0) is 0 Å². The van der Waals surface area contributed by atoms with Crippen molar-refractivity contribution in [1.82, 2.24) is 24.1 Å². The molecular formula is C57H35N5O2. The summed E-state index contributed by atoms with van der Waals surface area (Å²) in [6.45, 7) is 0. The topological polar surface area (TPSA) is 67.0 Å². The van der Waals surface area contributed by atoms with Gasteiger partial charge >= 0.3 is 0 Å². The minimum atomic E-state index is 0.576. The number of nitrogens with zero attached hydrogens (tertiary/aromatic N) is 5. The fraction of sp³-hybridized carbons (Fsp3) is 0. The molecule has 1 aliphatic heterocycles. The Labute approximate surface area is 367 Å². The predicted octanol–water partition coefficient (Wildman–Crippen LogP) is 14.6. The molecule has 0 N–H and O–H groups in total. The van der Waals surface area contributed by atoms with Crippen LogP contribution in [-0.4, -0.2) is 24.1 Å². The van der Waals surface area contributed by atoms with Gasteiger partial charge in [-0.25, -0.2) is 15.0 Å². The Morgan fingerprint density at radius 1 is 0.312 bits per heavy atom. The molecule has 0 bridgehead atoms. The Morgan fingerprint density at radius 3 is 1.52 bits per heavy atom. The number of benzene rings is 9. The van der Waals surface area contributed by atoms with E-state index in [2.05, 4.69) is 130 Å². The van der Waals surface area contributed by atoms with Crippen molar-refractivity contribution in [3.8, 4) is 79.7 Å². The summed E-state index contributed by atoms with van der Waals surface area (Å²) in [4.78, 5) is 15.2. The maximum atomic E-state index is 6.89. The predicted molar refractivity (Wildman–Crippen MR) is 257 cm³/mol. The number of fused-ring (bicyclic) bond motifs is 10. The molecule has 3 aromatic heterocycles. The van der Waals surface area contributed by atoms with Crippen LogP contribution in [0, 0.1) is 0 Å². The highest BCUT2D eigenvalue weighted by molar-refractivity contribution is 6.27. The van der Waals surface area contributed by atoms with Crippen LogP contribution in [0.5, 0.6) is 23.0 Å². The normalized spacial score (nSPS) is 12.0. The number of para-hydroxylation sites is 3. The molecule has 4 heterocycles. The van der Waals surface area contributed by atoms with Crippen molar-refractivity contribution < 1.29 is 9.47 Å². The lowest BCUT2D eigenvalue weighted by Crippen LogP contribution is -2.03. The van der Waals surface area contributed by atoms with Gasteiger partial charge in [-0.2, -0.15) is 0 Å². The maximum absolute atomic E-state index is 6.89. The summed E-state index contributed by atoms with van der Waals surface area (Å²) in [7, 11) is 0. The van der Waals surface area contributed by atoms with Gasteiger partial charge in [-0.05, 0) is 71.8 Å². The van der Waals surface area contributed by atoms with Crippen LogP contribution in [0.4, 0.5) is 0 Å². The highest BCUT2D eigenvalue weighted by Gasteiger charge is 2.28. The summed E-state index contributed by atoms with van der Waals surface area (Å²) in [6, 6.07) is 73.2. The zero-order chi connectivity index (χ0) is 42.1. The molecule has 64 heavy (non-hydrogen) atoms. The van der Waals surface area contributed by atoms with E-state index >= 15 is 0 Å². The molecule has 0 fully saturated rings. The minimum Gasteiger partial charge on any atom is -0.449 e. The number of ether oxygens (including phenoxy) is 2. The Balaban J connectivity index is 1.10. The second-order valence-corrected chi connectivity index (χ2v) is 16.0. The second kappa shape index (κ2) is 14.4. The average Bonchev–Trinajstić information content (AvgIpc) is 3.90. The third-order valence-corrected chi connectivity index (χ3v) is 12.2. The smallest absolute Gasteiger partial charge is 0.194 e. The van der Waals surface area contributed by atoms with Gasteiger partial charge in [-0.1, -0.05) is 152 Å². The van der Waals surface area contributed by atoms with Crippen molar-refractivity contribution in [2.75, 3.05) is 0 Å². The molecule has 300 valence electrons. The molecule has 0 amide bonds. The first-order valence-corrected chi connectivity index (χ1v) is 21.4. The molecule has 0 atom stereocenters. The third kappa shape index (κ3) is 5.72. The van der Waals surface area contributed by atoms with Gasteiger partial charge in [0.05, 0.1) is 16.6 Å². The molecule has 12 aromatic rings. The minimum absolute atomic E-state index is 0.576. The Hall–Kier alpha value is -8.81. The van der Waals surface area contributed by atoms with Crippen LogP contribution in [0.2, 0.25) is 0 Å². The monoisotopic (exact) mass is 821 g/mol. The van der Waals surface area contributed by atoms with Gasteiger partial charge in [-0.3, -0.25) is 0 Å². The van der Waals surface area contributed by atoms with E-state index < -0.39 is 0 Å². The molecule has 9 aromatic carbocycles. The Kier molecular flexibility index (Phi) is 8.08. The van der Waals surface area contributed by atoms with Gasteiger partial charge in [0, 0.05) is 49.6 Å². The molecule has 7 nitrogen and oxygen atoms in total. The van der Waals surface area contributed by atoms with E-state index in [9.17, 15) is 0 Å². The third-order valence-electron chi connectivity index (χ3n) is 12.2. The Bertz CT molecular complexity index is 3730. The fourth-order valence-electron chi connectivity index (χ4n) is 9.34. The van der Waals surface area contributed by atoms with E-state index in [0.29, 0.717) is 40.5 Å². The molecule has 13 rings (SSSR count). The second-order valence-electron chi connectivity index (χ2n) is 16.0. The van der Waals surface area contributed by atoms with Crippen LogP contribution in [0.3, 0.4) is 0 Å². The molecule has 0 spiro atoms. The van der Waals surface area contributed by atoms with Crippen LogP contribution in [0.25, 0.3) is 100 Å².